The predicted octanol–water partition coefficient (Wildman–Crippen LogP) is 1.34. The monoisotopic (exact) mass is 196 g/mol. The third kappa shape index (κ3) is 3.10. The second-order valence-corrected chi connectivity index (χ2v) is 3.66. The van der Waals surface area contributed by atoms with Crippen molar-refractivity contribution in [2.24, 2.45) is 13.0 Å². The van der Waals surface area contributed by atoms with Crippen molar-refractivity contribution >= 4 is 0 Å². The molecule has 4 nitrogen and oxygen atoms in total. The number of hydrogen-bond donors (Lipinski definition) is 1. The Morgan fingerprint density at radius 2 is 2.14 bits per heavy atom. The summed E-state index contributed by atoms with van der Waals surface area (Å²) in [5.74, 6) is 0.788. The van der Waals surface area contributed by atoms with Crippen molar-refractivity contribution in [1.29, 1.82) is 0 Å². The van der Waals surface area contributed by atoms with Crippen molar-refractivity contribution in [3.8, 4) is 0 Å². The maximum Gasteiger partial charge on any atom is 0.0738 e. The number of aromatic nitrogens is 3. The summed E-state index contributed by atoms with van der Waals surface area (Å²) in [7, 11) is 1.92. The lowest BCUT2D eigenvalue weighted by molar-refractivity contribution is 0.444. The Hall–Kier alpha value is -0.900. The summed E-state index contributed by atoms with van der Waals surface area (Å²) in [6.45, 7) is 6.42. The molecule has 0 spiro atoms. The molecule has 1 heterocycles. The minimum atomic E-state index is 0.788. The van der Waals surface area contributed by atoms with Gasteiger partial charge in [0.2, 0.25) is 0 Å². The Balaban J connectivity index is 2.24. The SMILES string of the molecule is CCC(CC)CNCc1cnnn1C. The number of nitrogens with zero attached hydrogens (tertiary/aromatic N) is 3. The zero-order valence-corrected chi connectivity index (χ0v) is 9.32. The fraction of sp³-hybridized carbons (Fsp3) is 0.800. The van der Waals surface area contributed by atoms with Crippen molar-refractivity contribution in [3.63, 3.8) is 0 Å². The van der Waals surface area contributed by atoms with Crippen LogP contribution in [0.15, 0.2) is 6.20 Å². The molecular formula is C10H20N4. The van der Waals surface area contributed by atoms with E-state index in [0.29, 0.717) is 0 Å². The van der Waals surface area contributed by atoms with E-state index in [9.17, 15) is 0 Å². The normalized spacial score (nSPS) is 11.1. The zero-order valence-electron chi connectivity index (χ0n) is 9.32. The second kappa shape index (κ2) is 5.75. The topological polar surface area (TPSA) is 42.7 Å². The first-order chi connectivity index (χ1) is 6.77. The average molecular weight is 196 g/mol. The van der Waals surface area contributed by atoms with Gasteiger partial charge in [-0.2, -0.15) is 0 Å². The van der Waals surface area contributed by atoms with Gasteiger partial charge in [-0.3, -0.25) is 4.68 Å². The molecule has 0 aliphatic heterocycles. The minimum Gasteiger partial charge on any atom is -0.311 e. The summed E-state index contributed by atoms with van der Waals surface area (Å²) in [5.41, 5.74) is 1.14. The van der Waals surface area contributed by atoms with Crippen LogP contribution >= 0.6 is 0 Å². The van der Waals surface area contributed by atoms with Gasteiger partial charge < -0.3 is 5.32 Å². The number of rotatable bonds is 6. The Morgan fingerprint density at radius 3 is 2.64 bits per heavy atom. The fourth-order valence-electron chi connectivity index (χ4n) is 1.45. The molecule has 0 bridgehead atoms. The lowest BCUT2D eigenvalue weighted by Crippen LogP contribution is -2.22. The van der Waals surface area contributed by atoms with Gasteiger partial charge in [0, 0.05) is 13.6 Å². The van der Waals surface area contributed by atoms with E-state index in [2.05, 4.69) is 29.5 Å². The van der Waals surface area contributed by atoms with Gasteiger partial charge in [0.05, 0.1) is 11.9 Å². The first kappa shape index (κ1) is 11.2. The van der Waals surface area contributed by atoms with Crippen LogP contribution in [0, 0.1) is 5.92 Å². The van der Waals surface area contributed by atoms with E-state index in [4.69, 9.17) is 0 Å². The molecule has 0 aromatic carbocycles. The summed E-state index contributed by atoms with van der Waals surface area (Å²) in [6.07, 6.45) is 4.29. The standard InChI is InChI=1S/C10H20N4/c1-4-9(5-2)6-11-7-10-8-12-13-14(10)3/h8-9,11H,4-7H2,1-3H3. The van der Waals surface area contributed by atoms with Crippen LogP contribution in [0.1, 0.15) is 32.4 Å². The average Bonchev–Trinajstić information content (AvgIpc) is 2.59. The molecule has 1 N–H and O–H groups in total. The third-order valence-electron chi connectivity index (χ3n) is 2.70. The maximum absolute atomic E-state index is 3.88. The zero-order chi connectivity index (χ0) is 10.4. The molecule has 0 saturated carbocycles. The van der Waals surface area contributed by atoms with Crippen molar-refractivity contribution < 1.29 is 0 Å². The molecule has 0 fully saturated rings. The summed E-state index contributed by atoms with van der Waals surface area (Å²) in [6, 6.07) is 0. The van der Waals surface area contributed by atoms with Crippen LogP contribution in [0.5, 0.6) is 0 Å². The van der Waals surface area contributed by atoms with Gasteiger partial charge in [-0.25, -0.2) is 0 Å². The largest absolute Gasteiger partial charge is 0.311 e. The molecular weight excluding hydrogens is 176 g/mol. The van der Waals surface area contributed by atoms with E-state index in [1.54, 1.807) is 10.9 Å². The summed E-state index contributed by atoms with van der Waals surface area (Å²) >= 11 is 0. The first-order valence-corrected chi connectivity index (χ1v) is 5.32. The summed E-state index contributed by atoms with van der Waals surface area (Å²) in [4.78, 5) is 0. The van der Waals surface area contributed by atoms with E-state index in [0.717, 1.165) is 24.7 Å². The highest BCUT2D eigenvalue weighted by molar-refractivity contribution is 4.92. The Morgan fingerprint density at radius 1 is 1.43 bits per heavy atom. The molecule has 1 aromatic rings. The molecule has 0 aliphatic carbocycles. The van der Waals surface area contributed by atoms with Gasteiger partial charge in [-0.15, -0.1) is 5.10 Å². The molecule has 1 rings (SSSR count). The minimum absolute atomic E-state index is 0.788. The molecule has 0 radical (unpaired) electrons. The van der Waals surface area contributed by atoms with E-state index < -0.39 is 0 Å². The molecule has 0 amide bonds. The van der Waals surface area contributed by atoms with Crippen molar-refractivity contribution in [1.82, 2.24) is 20.3 Å². The molecule has 1 aromatic heterocycles. The van der Waals surface area contributed by atoms with Crippen LogP contribution in [-0.4, -0.2) is 21.5 Å². The maximum atomic E-state index is 3.88. The summed E-state index contributed by atoms with van der Waals surface area (Å²) in [5, 5.41) is 11.1. The van der Waals surface area contributed by atoms with Crippen LogP contribution < -0.4 is 5.32 Å². The van der Waals surface area contributed by atoms with Gasteiger partial charge in [0.1, 0.15) is 0 Å². The molecule has 0 saturated heterocycles. The van der Waals surface area contributed by atoms with Gasteiger partial charge >= 0.3 is 0 Å². The number of hydrogen-bond acceptors (Lipinski definition) is 3. The second-order valence-electron chi connectivity index (χ2n) is 3.66. The van der Waals surface area contributed by atoms with Crippen LogP contribution in [0.2, 0.25) is 0 Å². The van der Waals surface area contributed by atoms with Gasteiger partial charge in [0.25, 0.3) is 0 Å². The predicted molar refractivity (Wildman–Crippen MR) is 56.8 cm³/mol. The molecule has 14 heavy (non-hydrogen) atoms. The highest BCUT2D eigenvalue weighted by atomic mass is 15.4. The lowest BCUT2D eigenvalue weighted by Gasteiger charge is -2.12. The fourth-order valence-corrected chi connectivity index (χ4v) is 1.45. The molecule has 4 heteroatoms. The van der Waals surface area contributed by atoms with E-state index >= 15 is 0 Å². The van der Waals surface area contributed by atoms with E-state index in [-0.39, 0.29) is 0 Å². The summed E-state index contributed by atoms with van der Waals surface area (Å²) < 4.78 is 1.81. The van der Waals surface area contributed by atoms with Gasteiger partial charge in [-0.1, -0.05) is 31.9 Å². The highest BCUT2D eigenvalue weighted by Crippen LogP contribution is 2.05. The van der Waals surface area contributed by atoms with Crippen molar-refractivity contribution in [3.05, 3.63) is 11.9 Å². The van der Waals surface area contributed by atoms with E-state index in [1.807, 2.05) is 7.05 Å². The Labute approximate surface area is 85.7 Å². The smallest absolute Gasteiger partial charge is 0.0738 e. The van der Waals surface area contributed by atoms with Gasteiger partial charge in [0.15, 0.2) is 0 Å². The van der Waals surface area contributed by atoms with Crippen molar-refractivity contribution in [2.45, 2.75) is 33.2 Å². The quantitative estimate of drug-likeness (QED) is 0.746. The lowest BCUT2D eigenvalue weighted by atomic mass is 10.0. The molecule has 0 atom stereocenters. The van der Waals surface area contributed by atoms with E-state index in [1.165, 1.54) is 12.8 Å². The number of aryl methyl sites for hydroxylation is 1. The Bertz CT molecular complexity index is 252. The highest BCUT2D eigenvalue weighted by Gasteiger charge is 2.03. The van der Waals surface area contributed by atoms with Crippen LogP contribution in [0.25, 0.3) is 0 Å². The molecule has 80 valence electrons. The molecule has 0 aliphatic rings. The van der Waals surface area contributed by atoms with Crippen LogP contribution in [-0.2, 0) is 13.6 Å². The third-order valence-corrected chi connectivity index (χ3v) is 2.70. The molecule has 0 unspecified atom stereocenters. The van der Waals surface area contributed by atoms with Crippen molar-refractivity contribution in [2.75, 3.05) is 6.54 Å². The number of nitrogens with one attached hydrogen (secondary N) is 1. The van der Waals surface area contributed by atoms with Crippen LogP contribution in [0.4, 0.5) is 0 Å². The first-order valence-electron chi connectivity index (χ1n) is 5.32. The Kier molecular flexibility index (Phi) is 4.59. The van der Waals surface area contributed by atoms with Crippen LogP contribution in [0.3, 0.4) is 0 Å². The van der Waals surface area contributed by atoms with Gasteiger partial charge in [-0.05, 0) is 12.5 Å².